The number of nitrogens with zero attached hydrogens (tertiary/aromatic N) is 1. The van der Waals surface area contributed by atoms with E-state index in [2.05, 4.69) is 68.2 Å². The lowest BCUT2D eigenvalue weighted by atomic mass is 10.0. The average Bonchev–Trinajstić information content (AvgIpc) is 2.86. The first-order valence-corrected chi connectivity index (χ1v) is 7.97. The molecule has 1 heterocycles. The number of nitrogens with one attached hydrogen (secondary N) is 1. The summed E-state index contributed by atoms with van der Waals surface area (Å²) in [7, 11) is 0. The van der Waals surface area contributed by atoms with Crippen molar-refractivity contribution in [3.63, 3.8) is 0 Å². The molecule has 2 rings (SSSR count). The van der Waals surface area contributed by atoms with Crippen molar-refractivity contribution in [2.45, 2.75) is 52.1 Å². The zero-order valence-corrected chi connectivity index (χ0v) is 13.5. The largest absolute Gasteiger partial charge is 0.312 e. The standard InChI is InChI=1S/C18H30N2/c1-15(12-16-8-6-5-7-9-16)20-11-10-17(14-20)13-19-18(2,3)4/h5-9,15,17,19H,10-14H2,1-4H3. The van der Waals surface area contributed by atoms with E-state index >= 15 is 0 Å². The van der Waals surface area contributed by atoms with Gasteiger partial charge in [-0.1, -0.05) is 30.3 Å². The van der Waals surface area contributed by atoms with E-state index in [-0.39, 0.29) is 5.54 Å². The Kier molecular flexibility index (Phi) is 5.22. The quantitative estimate of drug-likeness (QED) is 0.886. The summed E-state index contributed by atoms with van der Waals surface area (Å²) < 4.78 is 0. The summed E-state index contributed by atoms with van der Waals surface area (Å²) in [5.74, 6) is 0.812. The van der Waals surface area contributed by atoms with Crippen LogP contribution in [0.1, 0.15) is 39.7 Å². The molecule has 1 saturated heterocycles. The molecule has 0 aliphatic carbocycles. The van der Waals surface area contributed by atoms with E-state index in [1.165, 1.54) is 31.5 Å². The second-order valence-electron chi connectivity index (χ2n) is 7.32. The first-order chi connectivity index (χ1) is 9.44. The SMILES string of the molecule is CC(Cc1ccccc1)N1CCC(CNC(C)(C)C)C1. The molecular weight excluding hydrogens is 244 g/mol. The molecule has 1 fully saturated rings. The fourth-order valence-electron chi connectivity index (χ4n) is 2.96. The molecule has 0 aromatic heterocycles. The highest BCUT2D eigenvalue weighted by Gasteiger charge is 2.26. The van der Waals surface area contributed by atoms with Crippen LogP contribution in [0.25, 0.3) is 0 Å². The van der Waals surface area contributed by atoms with Gasteiger partial charge in [-0.2, -0.15) is 0 Å². The number of rotatable bonds is 5. The predicted octanol–water partition coefficient (Wildman–Crippen LogP) is 3.33. The minimum Gasteiger partial charge on any atom is -0.312 e. The maximum atomic E-state index is 3.65. The van der Waals surface area contributed by atoms with Crippen LogP contribution in [0.15, 0.2) is 30.3 Å². The summed E-state index contributed by atoms with van der Waals surface area (Å²) in [4.78, 5) is 2.65. The maximum absolute atomic E-state index is 3.65. The molecule has 112 valence electrons. The van der Waals surface area contributed by atoms with Crippen molar-refractivity contribution in [1.29, 1.82) is 0 Å². The molecule has 0 radical (unpaired) electrons. The summed E-state index contributed by atoms with van der Waals surface area (Å²) in [5.41, 5.74) is 1.69. The number of benzene rings is 1. The highest BCUT2D eigenvalue weighted by atomic mass is 15.2. The van der Waals surface area contributed by atoms with Crippen molar-refractivity contribution < 1.29 is 0 Å². The molecule has 0 spiro atoms. The third kappa shape index (κ3) is 4.92. The molecule has 1 aromatic rings. The first-order valence-electron chi connectivity index (χ1n) is 7.97. The Morgan fingerprint density at radius 1 is 1.25 bits per heavy atom. The van der Waals surface area contributed by atoms with Crippen LogP contribution >= 0.6 is 0 Å². The van der Waals surface area contributed by atoms with Crippen molar-refractivity contribution in [1.82, 2.24) is 10.2 Å². The van der Waals surface area contributed by atoms with Gasteiger partial charge in [0, 0.05) is 18.1 Å². The fraction of sp³-hybridized carbons (Fsp3) is 0.667. The number of likely N-dealkylation sites (tertiary alicyclic amines) is 1. The Labute approximate surface area is 124 Å². The maximum Gasteiger partial charge on any atom is 0.0107 e. The van der Waals surface area contributed by atoms with Gasteiger partial charge in [-0.05, 0) is 65.1 Å². The van der Waals surface area contributed by atoms with Crippen LogP contribution in [0.5, 0.6) is 0 Å². The van der Waals surface area contributed by atoms with Gasteiger partial charge >= 0.3 is 0 Å². The van der Waals surface area contributed by atoms with Gasteiger partial charge in [0.1, 0.15) is 0 Å². The highest BCUT2D eigenvalue weighted by molar-refractivity contribution is 5.15. The van der Waals surface area contributed by atoms with Gasteiger partial charge in [0.2, 0.25) is 0 Å². The first kappa shape index (κ1) is 15.5. The second kappa shape index (κ2) is 6.73. The molecule has 2 atom stereocenters. The van der Waals surface area contributed by atoms with Crippen molar-refractivity contribution in [3.05, 3.63) is 35.9 Å². The van der Waals surface area contributed by atoms with Crippen molar-refractivity contribution in [3.8, 4) is 0 Å². The van der Waals surface area contributed by atoms with Gasteiger partial charge in [-0.25, -0.2) is 0 Å². The van der Waals surface area contributed by atoms with E-state index in [1.54, 1.807) is 0 Å². The summed E-state index contributed by atoms with van der Waals surface area (Å²) in [6.07, 6.45) is 2.50. The van der Waals surface area contributed by atoms with E-state index in [0.717, 1.165) is 12.5 Å². The normalized spacial score (nSPS) is 22.1. The fourth-order valence-corrected chi connectivity index (χ4v) is 2.96. The number of hydrogen-bond donors (Lipinski definition) is 1. The van der Waals surface area contributed by atoms with E-state index in [1.807, 2.05) is 0 Å². The van der Waals surface area contributed by atoms with Crippen LogP contribution in [-0.4, -0.2) is 36.1 Å². The number of hydrogen-bond acceptors (Lipinski definition) is 2. The van der Waals surface area contributed by atoms with Crippen LogP contribution in [-0.2, 0) is 6.42 Å². The summed E-state index contributed by atoms with van der Waals surface area (Å²) in [6.45, 7) is 12.8. The predicted molar refractivity (Wildman–Crippen MR) is 87.0 cm³/mol. The molecule has 0 saturated carbocycles. The van der Waals surface area contributed by atoms with Crippen LogP contribution in [0.2, 0.25) is 0 Å². The monoisotopic (exact) mass is 274 g/mol. The summed E-state index contributed by atoms with van der Waals surface area (Å²) in [6, 6.07) is 11.5. The van der Waals surface area contributed by atoms with Gasteiger partial charge < -0.3 is 5.32 Å². The average molecular weight is 274 g/mol. The lowest BCUT2D eigenvalue weighted by Gasteiger charge is -2.26. The van der Waals surface area contributed by atoms with E-state index < -0.39 is 0 Å². The summed E-state index contributed by atoms with van der Waals surface area (Å²) >= 11 is 0. The molecule has 2 nitrogen and oxygen atoms in total. The van der Waals surface area contributed by atoms with Gasteiger partial charge in [0.05, 0.1) is 0 Å². The molecule has 20 heavy (non-hydrogen) atoms. The molecule has 1 aromatic carbocycles. The lowest BCUT2D eigenvalue weighted by Crippen LogP contribution is -2.40. The molecule has 0 amide bonds. The Morgan fingerprint density at radius 2 is 1.95 bits per heavy atom. The zero-order chi connectivity index (χ0) is 14.6. The second-order valence-corrected chi connectivity index (χ2v) is 7.32. The van der Waals surface area contributed by atoms with Crippen LogP contribution < -0.4 is 5.32 Å². The smallest absolute Gasteiger partial charge is 0.0107 e. The highest BCUT2D eigenvalue weighted by Crippen LogP contribution is 2.20. The molecular formula is C18H30N2. The van der Waals surface area contributed by atoms with Gasteiger partial charge in [0.15, 0.2) is 0 Å². The molecule has 2 heteroatoms. The Bertz CT molecular complexity index is 394. The molecule has 1 aliphatic rings. The molecule has 0 bridgehead atoms. The van der Waals surface area contributed by atoms with E-state index in [0.29, 0.717) is 6.04 Å². The van der Waals surface area contributed by atoms with Crippen molar-refractivity contribution in [2.75, 3.05) is 19.6 Å². The van der Waals surface area contributed by atoms with Gasteiger partial charge in [0.25, 0.3) is 0 Å². The molecule has 1 N–H and O–H groups in total. The summed E-state index contributed by atoms with van der Waals surface area (Å²) in [5, 5.41) is 3.65. The van der Waals surface area contributed by atoms with Crippen molar-refractivity contribution in [2.24, 2.45) is 5.92 Å². The Morgan fingerprint density at radius 3 is 2.60 bits per heavy atom. The van der Waals surface area contributed by atoms with Crippen molar-refractivity contribution >= 4 is 0 Å². The molecule has 2 unspecified atom stereocenters. The van der Waals surface area contributed by atoms with E-state index in [9.17, 15) is 0 Å². The lowest BCUT2D eigenvalue weighted by molar-refractivity contribution is 0.244. The van der Waals surface area contributed by atoms with Crippen LogP contribution in [0.3, 0.4) is 0 Å². The third-order valence-corrected chi connectivity index (χ3v) is 4.24. The minimum atomic E-state index is 0.239. The van der Waals surface area contributed by atoms with Gasteiger partial charge in [-0.3, -0.25) is 4.90 Å². The topological polar surface area (TPSA) is 15.3 Å². The Balaban J connectivity index is 1.77. The zero-order valence-electron chi connectivity index (χ0n) is 13.5. The third-order valence-electron chi connectivity index (χ3n) is 4.24. The molecule has 1 aliphatic heterocycles. The van der Waals surface area contributed by atoms with E-state index in [4.69, 9.17) is 0 Å². The van der Waals surface area contributed by atoms with Gasteiger partial charge in [-0.15, -0.1) is 0 Å². The van der Waals surface area contributed by atoms with Crippen LogP contribution in [0, 0.1) is 5.92 Å². The Hall–Kier alpha value is -0.860. The van der Waals surface area contributed by atoms with Crippen LogP contribution in [0.4, 0.5) is 0 Å². The minimum absolute atomic E-state index is 0.239.